The highest BCUT2D eigenvalue weighted by Gasteiger charge is 2.25. The summed E-state index contributed by atoms with van der Waals surface area (Å²) >= 11 is 0. The Kier molecular flexibility index (Phi) is 8.06. The van der Waals surface area contributed by atoms with Gasteiger partial charge < -0.3 is 10.1 Å². The first-order valence-corrected chi connectivity index (χ1v) is 7.81. The van der Waals surface area contributed by atoms with Gasteiger partial charge in [-0.1, -0.05) is 26.3 Å². The molecule has 5 heteroatoms. The fourth-order valence-corrected chi connectivity index (χ4v) is 2.33. The van der Waals surface area contributed by atoms with E-state index in [9.17, 15) is 9.18 Å². The summed E-state index contributed by atoms with van der Waals surface area (Å²) in [6.07, 6.45) is 0.813. The molecule has 0 bridgehead atoms. The van der Waals surface area contributed by atoms with E-state index in [0.29, 0.717) is 19.7 Å². The molecular formula is C17H27FN2O2. The number of nitrogens with zero attached hydrogens (tertiary/aromatic N) is 1. The topological polar surface area (TPSA) is 41.6 Å². The maximum absolute atomic E-state index is 13.3. The molecule has 1 aliphatic heterocycles. The zero-order valence-corrected chi connectivity index (χ0v) is 14.0. The standard InChI is InChI=1S/C14H19FN2O2.C3H8/c1-10-5-11(7-12(15)6-10)8-17-3-4-19-13(9-17)14(18)16-2;1-3-2/h5-7,13H,3-4,8-9H2,1-2H3,(H,16,18);3H2,1-2H3. The van der Waals surface area contributed by atoms with Crippen molar-refractivity contribution in [2.75, 3.05) is 26.7 Å². The van der Waals surface area contributed by atoms with Crippen LogP contribution >= 0.6 is 0 Å². The van der Waals surface area contributed by atoms with E-state index in [0.717, 1.165) is 17.7 Å². The summed E-state index contributed by atoms with van der Waals surface area (Å²) in [5.74, 6) is -0.328. The number of hydrogen-bond donors (Lipinski definition) is 1. The van der Waals surface area contributed by atoms with E-state index in [2.05, 4.69) is 24.1 Å². The van der Waals surface area contributed by atoms with Crippen LogP contribution < -0.4 is 5.32 Å². The van der Waals surface area contributed by atoms with Crippen molar-refractivity contribution in [1.29, 1.82) is 0 Å². The second kappa shape index (κ2) is 9.54. The van der Waals surface area contributed by atoms with Crippen molar-refractivity contribution in [2.45, 2.75) is 39.8 Å². The summed E-state index contributed by atoms with van der Waals surface area (Å²) in [6, 6.07) is 5.01. The Morgan fingerprint density at radius 1 is 1.41 bits per heavy atom. The number of likely N-dealkylation sites (N-methyl/N-ethyl adjacent to an activating group) is 1. The van der Waals surface area contributed by atoms with E-state index in [1.165, 1.54) is 18.6 Å². The Morgan fingerprint density at radius 2 is 2.09 bits per heavy atom. The number of morpholine rings is 1. The number of carbonyl (C=O) groups is 1. The second-order valence-corrected chi connectivity index (χ2v) is 5.55. The molecule has 1 heterocycles. The average Bonchev–Trinajstić information content (AvgIpc) is 2.46. The van der Waals surface area contributed by atoms with Gasteiger partial charge in [0, 0.05) is 26.7 Å². The number of benzene rings is 1. The smallest absolute Gasteiger partial charge is 0.250 e. The quantitative estimate of drug-likeness (QED) is 0.932. The van der Waals surface area contributed by atoms with Crippen LogP contribution in [0.15, 0.2) is 18.2 Å². The summed E-state index contributed by atoms with van der Waals surface area (Å²) < 4.78 is 18.8. The highest BCUT2D eigenvalue weighted by Crippen LogP contribution is 2.13. The lowest BCUT2D eigenvalue weighted by atomic mass is 10.1. The maximum Gasteiger partial charge on any atom is 0.250 e. The Labute approximate surface area is 132 Å². The van der Waals surface area contributed by atoms with Gasteiger partial charge in [0.1, 0.15) is 11.9 Å². The lowest BCUT2D eigenvalue weighted by Gasteiger charge is -2.31. The molecule has 22 heavy (non-hydrogen) atoms. The minimum atomic E-state index is -0.437. The van der Waals surface area contributed by atoms with E-state index >= 15 is 0 Å². The van der Waals surface area contributed by atoms with Crippen molar-refractivity contribution in [2.24, 2.45) is 0 Å². The number of amides is 1. The molecule has 1 atom stereocenters. The third-order valence-corrected chi connectivity index (χ3v) is 3.20. The third kappa shape index (κ3) is 6.12. The lowest BCUT2D eigenvalue weighted by Crippen LogP contribution is -2.48. The van der Waals surface area contributed by atoms with Crippen molar-refractivity contribution in [3.8, 4) is 0 Å². The molecule has 0 aliphatic carbocycles. The van der Waals surface area contributed by atoms with Crippen LogP contribution in [0.3, 0.4) is 0 Å². The minimum absolute atomic E-state index is 0.111. The minimum Gasteiger partial charge on any atom is -0.366 e. The third-order valence-electron chi connectivity index (χ3n) is 3.20. The van der Waals surface area contributed by atoms with Crippen LogP contribution in [-0.4, -0.2) is 43.7 Å². The molecule has 1 aromatic rings. The SMILES string of the molecule is CCC.CNC(=O)C1CN(Cc2cc(C)cc(F)c2)CCO1. The largest absolute Gasteiger partial charge is 0.366 e. The molecule has 0 spiro atoms. The Balaban J connectivity index is 0.000000745. The van der Waals surface area contributed by atoms with E-state index in [-0.39, 0.29) is 11.7 Å². The maximum atomic E-state index is 13.3. The number of hydrogen-bond acceptors (Lipinski definition) is 3. The molecule has 124 valence electrons. The lowest BCUT2D eigenvalue weighted by molar-refractivity contribution is -0.138. The first-order valence-electron chi connectivity index (χ1n) is 7.81. The zero-order valence-electron chi connectivity index (χ0n) is 14.0. The van der Waals surface area contributed by atoms with Crippen molar-refractivity contribution in [3.63, 3.8) is 0 Å². The van der Waals surface area contributed by atoms with E-state index < -0.39 is 6.10 Å². The van der Waals surface area contributed by atoms with Gasteiger partial charge >= 0.3 is 0 Å². The first kappa shape index (κ1) is 18.6. The zero-order chi connectivity index (χ0) is 16.5. The van der Waals surface area contributed by atoms with Crippen LogP contribution in [0.5, 0.6) is 0 Å². The number of halogens is 1. The van der Waals surface area contributed by atoms with Crippen molar-refractivity contribution in [3.05, 3.63) is 35.1 Å². The van der Waals surface area contributed by atoms with Crippen LogP contribution in [0.4, 0.5) is 4.39 Å². The molecular weight excluding hydrogens is 283 g/mol. The van der Waals surface area contributed by atoms with Gasteiger partial charge in [0.2, 0.25) is 5.91 Å². The molecule has 1 unspecified atom stereocenters. The molecule has 0 aromatic heterocycles. The fraction of sp³-hybridized carbons (Fsp3) is 0.588. The van der Waals surface area contributed by atoms with Gasteiger partial charge in [0.05, 0.1) is 6.61 Å². The second-order valence-electron chi connectivity index (χ2n) is 5.55. The highest BCUT2D eigenvalue weighted by atomic mass is 19.1. The van der Waals surface area contributed by atoms with Gasteiger partial charge in [-0.2, -0.15) is 0 Å². The van der Waals surface area contributed by atoms with Gasteiger partial charge in [-0.05, 0) is 30.2 Å². The van der Waals surface area contributed by atoms with Gasteiger partial charge in [-0.15, -0.1) is 0 Å². The van der Waals surface area contributed by atoms with E-state index in [1.807, 2.05) is 13.0 Å². The predicted molar refractivity (Wildman–Crippen MR) is 86.2 cm³/mol. The van der Waals surface area contributed by atoms with Crippen LogP contribution in [0.1, 0.15) is 31.4 Å². The number of ether oxygens (including phenoxy) is 1. The Bertz CT molecular complexity index is 459. The Hall–Kier alpha value is -1.46. The summed E-state index contributed by atoms with van der Waals surface area (Å²) in [7, 11) is 1.60. The molecule has 2 rings (SSSR count). The molecule has 0 saturated carbocycles. The summed E-state index contributed by atoms with van der Waals surface area (Å²) in [5.41, 5.74) is 1.83. The van der Waals surface area contributed by atoms with Crippen LogP contribution in [0.2, 0.25) is 0 Å². The molecule has 0 radical (unpaired) electrons. The molecule has 4 nitrogen and oxygen atoms in total. The van der Waals surface area contributed by atoms with Gasteiger partial charge in [0.25, 0.3) is 0 Å². The van der Waals surface area contributed by atoms with Crippen LogP contribution in [0, 0.1) is 12.7 Å². The number of rotatable bonds is 3. The van der Waals surface area contributed by atoms with Crippen molar-refractivity contribution < 1.29 is 13.9 Å². The number of aryl methyl sites for hydroxylation is 1. The van der Waals surface area contributed by atoms with Gasteiger partial charge in [-0.3, -0.25) is 9.69 Å². The predicted octanol–water partition coefficient (Wildman–Crippen LogP) is 2.50. The molecule has 1 saturated heterocycles. The molecule has 1 aromatic carbocycles. The van der Waals surface area contributed by atoms with Crippen LogP contribution in [0.25, 0.3) is 0 Å². The molecule has 1 N–H and O–H groups in total. The normalized spacial score (nSPS) is 18.3. The monoisotopic (exact) mass is 310 g/mol. The fourth-order valence-electron chi connectivity index (χ4n) is 2.33. The average molecular weight is 310 g/mol. The summed E-state index contributed by atoms with van der Waals surface area (Å²) in [6.45, 7) is 8.57. The van der Waals surface area contributed by atoms with Gasteiger partial charge in [0.15, 0.2) is 0 Å². The summed E-state index contributed by atoms with van der Waals surface area (Å²) in [5, 5.41) is 2.59. The van der Waals surface area contributed by atoms with Crippen molar-refractivity contribution in [1.82, 2.24) is 10.2 Å². The number of carbonyl (C=O) groups excluding carboxylic acids is 1. The van der Waals surface area contributed by atoms with Crippen molar-refractivity contribution >= 4 is 5.91 Å². The molecule has 1 amide bonds. The highest BCUT2D eigenvalue weighted by molar-refractivity contribution is 5.80. The summed E-state index contributed by atoms with van der Waals surface area (Å²) in [4.78, 5) is 13.7. The van der Waals surface area contributed by atoms with E-state index in [1.54, 1.807) is 7.05 Å². The van der Waals surface area contributed by atoms with Crippen LogP contribution in [-0.2, 0) is 16.1 Å². The Morgan fingerprint density at radius 3 is 2.68 bits per heavy atom. The van der Waals surface area contributed by atoms with Gasteiger partial charge in [-0.25, -0.2) is 4.39 Å². The van der Waals surface area contributed by atoms with E-state index in [4.69, 9.17) is 4.74 Å². The molecule has 1 fully saturated rings. The molecule has 1 aliphatic rings. The first-order chi connectivity index (χ1) is 10.5. The number of nitrogens with one attached hydrogen (secondary N) is 1.